The lowest BCUT2D eigenvalue weighted by molar-refractivity contribution is -0.0789. The van der Waals surface area contributed by atoms with Crippen molar-refractivity contribution in [3.8, 4) is 5.75 Å². The minimum absolute atomic E-state index is 0.0318. The van der Waals surface area contributed by atoms with Crippen LogP contribution in [-0.4, -0.2) is 47.9 Å². The number of sulfonamides is 1. The molecule has 1 saturated carbocycles. The summed E-state index contributed by atoms with van der Waals surface area (Å²) in [7, 11) is -3.60. The van der Waals surface area contributed by atoms with Crippen molar-refractivity contribution in [2.75, 3.05) is 23.2 Å². The number of benzene rings is 1. The van der Waals surface area contributed by atoms with Gasteiger partial charge in [0.05, 0.1) is 24.6 Å². The Morgan fingerprint density at radius 2 is 1.97 bits per heavy atom. The van der Waals surface area contributed by atoms with Gasteiger partial charge in [-0.25, -0.2) is 17.8 Å². The Hall–Kier alpha value is -2.99. The molecule has 12 heteroatoms. The zero-order valence-electron chi connectivity index (χ0n) is 19.1. The van der Waals surface area contributed by atoms with Crippen LogP contribution in [0.4, 0.5) is 10.1 Å². The summed E-state index contributed by atoms with van der Waals surface area (Å²) in [6.45, 7) is 0.633. The molecular formula is C23H27FN4O6S. The monoisotopic (exact) mass is 506 g/mol. The number of halogens is 1. The third-order valence-electron chi connectivity index (χ3n) is 6.98. The average molecular weight is 507 g/mol. The fourth-order valence-electron chi connectivity index (χ4n) is 5.21. The quantitative estimate of drug-likeness (QED) is 0.646. The van der Waals surface area contributed by atoms with Gasteiger partial charge in [-0.15, -0.1) is 0 Å². The number of ether oxygens (including phenoxy) is 1. The van der Waals surface area contributed by atoms with Gasteiger partial charge in [-0.2, -0.15) is 0 Å². The van der Waals surface area contributed by atoms with Crippen molar-refractivity contribution in [2.24, 2.45) is 0 Å². The van der Waals surface area contributed by atoms with E-state index in [1.165, 1.54) is 21.0 Å². The molecular weight excluding hydrogens is 479 g/mol. The molecule has 2 aromatic rings. The molecule has 2 N–H and O–H groups in total. The van der Waals surface area contributed by atoms with Crippen molar-refractivity contribution in [1.29, 1.82) is 0 Å². The number of anilines is 1. The highest BCUT2D eigenvalue weighted by Gasteiger charge is 2.44. The topological polar surface area (TPSA) is 131 Å². The van der Waals surface area contributed by atoms with E-state index >= 15 is 0 Å². The van der Waals surface area contributed by atoms with Gasteiger partial charge in [0.15, 0.2) is 5.69 Å². The number of aromatic nitrogens is 2. The Labute approximate surface area is 201 Å². The summed E-state index contributed by atoms with van der Waals surface area (Å²) in [6.07, 6.45) is 4.34. The number of carbonyl (C=O) groups is 1. The molecule has 0 atom stereocenters. The zero-order valence-corrected chi connectivity index (χ0v) is 19.9. The smallest absolute Gasteiger partial charge is 0.296 e. The number of hydrogen-bond acceptors (Lipinski definition) is 7. The molecule has 10 nitrogen and oxygen atoms in total. The van der Waals surface area contributed by atoms with Gasteiger partial charge in [0.1, 0.15) is 17.2 Å². The maximum Gasteiger partial charge on any atom is 0.296 e. The summed E-state index contributed by atoms with van der Waals surface area (Å²) in [5, 5.41) is 13.1. The molecule has 1 saturated heterocycles. The second kappa shape index (κ2) is 8.90. The van der Waals surface area contributed by atoms with E-state index in [9.17, 15) is 27.5 Å². The van der Waals surface area contributed by atoms with Gasteiger partial charge >= 0.3 is 0 Å². The van der Waals surface area contributed by atoms with Crippen molar-refractivity contribution in [1.82, 2.24) is 14.9 Å². The molecule has 5 rings (SSSR count). The summed E-state index contributed by atoms with van der Waals surface area (Å²) < 4.78 is 47.7. The number of nitrogens with one attached hydrogen (secondary N) is 1. The van der Waals surface area contributed by atoms with Crippen LogP contribution in [0.5, 0.6) is 5.75 Å². The SMILES string of the molecule is O=C(NCc1ccc(F)cc1N1CCCCS1(=O)=O)c1nc2n(c(=O)c1O)CCOC21CCCC1. The van der Waals surface area contributed by atoms with E-state index in [4.69, 9.17) is 4.74 Å². The molecule has 0 unspecified atom stereocenters. The molecule has 1 spiro atoms. The lowest BCUT2D eigenvalue weighted by atomic mass is 9.99. The van der Waals surface area contributed by atoms with E-state index in [-0.39, 0.29) is 31.1 Å². The first-order valence-corrected chi connectivity index (χ1v) is 13.4. The number of hydrogen-bond donors (Lipinski definition) is 2. The number of fused-ring (bicyclic) bond motifs is 2. The lowest BCUT2D eigenvalue weighted by Crippen LogP contribution is -2.44. The summed E-state index contributed by atoms with van der Waals surface area (Å²) in [5.74, 6) is -1.83. The van der Waals surface area contributed by atoms with E-state index in [0.29, 0.717) is 43.7 Å². The number of amides is 1. The van der Waals surface area contributed by atoms with Crippen molar-refractivity contribution in [3.05, 3.63) is 51.5 Å². The van der Waals surface area contributed by atoms with Crippen LogP contribution in [0.3, 0.4) is 0 Å². The Morgan fingerprint density at radius 1 is 1.20 bits per heavy atom. The maximum atomic E-state index is 14.0. The van der Waals surface area contributed by atoms with E-state index in [0.717, 1.165) is 18.9 Å². The minimum atomic E-state index is -3.60. The highest BCUT2D eigenvalue weighted by atomic mass is 32.2. The van der Waals surface area contributed by atoms with Crippen molar-refractivity contribution in [3.63, 3.8) is 0 Å². The van der Waals surface area contributed by atoms with Gasteiger partial charge in [0, 0.05) is 13.1 Å². The molecule has 1 amide bonds. The molecule has 2 fully saturated rings. The van der Waals surface area contributed by atoms with Crippen LogP contribution >= 0.6 is 0 Å². The van der Waals surface area contributed by atoms with Crippen LogP contribution in [0.1, 0.15) is 60.4 Å². The minimum Gasteiger partial charge on any atom is -0.501 e. The normalized spacial score (nSPS) is 20.5. The highest BCUT2D eigenvalue weighted by molar-refractivity contribution is 7.92. The Kier molecular flexibility index (Phi) is 6.04. The van der Waals surface area contributed by atoms with Gasteiger partial charge in [-0.05, 0) is 56.2 Å². The molecule has 188 valence electrons. The predicted molar refractivity (Wildman–Crippen MR) is 124 cm³/mol. The number of rotatable bonds is 4. The molecule has 1 aromatic carbocycles. The molecule has 0 bridgehead atoms. The van der Waals surface area contributed by atoms with Gasteiger partial charge < -0.3 is 15.2 Å². The highest BCUT2D eigenvalue weighted by Crippen LogP contribution is 2.43. The number of aromatic hydroxyl groups is 1. The second-order valence-corrected chi connectivity index (χ2v) is 11.2. The van der Waals surface area contributed by atoms with Crippen molar-refractivity contribution >= 4 is 21.6 Å². The fraction of sp³-hybridized carbons (Fsp3) is 0.522. The first-order chi connectivity index (χ1) is 16.7. The van der Waals surface area contributed by atoms with E-state index in [1.54, 1.807) is 0 Å². The van der Waals surface area contributed by atoms with Crippen molar-refractivity contribution in [2.45, 2.75) is 57.2 Å². The lowest BCUT2D eigenvalue weighted by Gasteiger charge is -2.35. The number of carbonyl (C=O) groups excluding carboxylic acids is 1. The third kappa shape index (κ3) is 4.18. The molecule has 1 aliphatic carbocycles. The standard InChI is InChI=1S/C23H27FN4O6S/c24-16-6-5-15(17(13-16)28-9-3-4-12-35(28,32)33)14-25-20(30)18-19(29)21(31)27-10-11-34-23(22(27)26-18)7-1-2-8-23/h5-6,13,29H,1-4,7-12,14H2,(H,25,30). The summed E-state index contributed by atoms with van der Waals surface area (Å²) in [6, 6.07) is 3.72. The predicted octanol–water partition coefficient (Wildman–Crippen LogP) is 1.75. The van der Waals surface area contributed by atoms with Crippen LogP contribution in [0.25, 0.3) is 0 Å². The Balaban J connectivity index is 1.44. The van der Waals surface area contributed by atoms with E-state index in [2.05, 4.69) is 10.3 Å². The fourth-order valence-corrected chi connectivity index (χ4v) is 6.87. The first-order valence-electron chi connectivity index (χ1n) is 11.8. The zero-order chi connectivity index (χ0) is 24.8. The van der Waals surface area contributed by atoms with Gasteiger partial charge in [-0.3, -0.25) is 18.5 Å². The van der Waals surface area contributed by atoms with Crippen LogP contribution in [0.15, 0.2) is 23.0 Å². The largest absolute Gasteiger partial charge is 0.501 e. The second-order valence-electron chi connectivity index (χ2n) is 9.19. The maximum absolute atomic E-state index is 14.0. The molecule has 3 aliphatic rings. The molecule has 3 heterocycles. The molecule has 1 aromatic heterocycles. The Morgan fingerprint density at radius 3 is 2.71 bits per heavy atom. The molecule has 0 radical (unpaired) electrons. The van der Waals surface area contributed by atoms with Gasteiger partial charge in [0.2, 0.25) is 15.8 Å². The molecule has 35 heavy (non-hydrogen) atoms. The third-order valence-corrected chi connectivity index (χ3v) is 8.83. The van der Waals surface area contributed by atoms with Crippen LogP contribution in [0.2, 0.25) is 0 Å². The van der Waals surface area contributed by atoms with Crippen LogP contribution in [-0.2, 0) is 33.5 Å². The van der Waals surface area contributed by atoms with E-state index < -0.39 is 44.4 Å². The van der Waals surface area contributed by atoms with Crippen LogP contribution < -0.4 is 15.2 Å². The van der Waals surface area contributed by atoms with E-state index in [1.807, 2.05) is 0 Å². The average Bonchev–Trinajstić information content (AvgIpc) is 3.29. The summed E-state index contributed by atoms with van der Waals surface area (Å²) in [4.78, 5) is 30.3. The van der Waals surface area contributed by atoms with Crippen LogP contribution in [0, 0.1) is 5.82 Å². The number of nitrogens with zero attached hydrogens (tertiary/aromatic N) is 3. The molecule has 2 aliphatic heterocycles. The van der Waals surface area contributed by atoms with Gasteiger partial charge in [-0.1, -0.05) is 6.07 Å². The van der Waals surface area contributed by atoms with Crippen molar-refractivity contribution < 1.29 is 27.4 Å². The summed E-state index contributed by atoms with van der Waals surface area (Å²) >= 11 is 0. The summed E-state index contributed by atoms with van der Waals surface area (Å²) in [5.41, 5.74) is -1.31. The first kappa shape index (κ1) is 23.7. The van der Waals surface area contributed by atoms with Gasteiger partial charge in [0.25, 0.3) is 11.5 Å². The Bertz CT molecular complexity index is 1340.